The molecule has 24 heavy (non-hydrogen) atoms. The maximum absolute atomic E-state index is 12.0. The first-order valence-corrected chi connectivity index (χ1v) is 7.96. The first kappa shape index (κ1) is 20.8. The molecule has 0 heterocycles. The van der Waals surface area contributed by atoms with E-state index in [4.69, 9.17) is 19.6 Å². The summed E-state index contributed by atoms with van der Waals surface area (Å²) in [7, 11) is 0. The standard InChI is InChI=1S/C16H28O8/c1-13(2,3)21-23-15(11(17)18)9-7-8-10-16(15,12(19)20)24-22-14(4,5)6/h7-10H2,1-6H3,(H,17,18)(H,19,20). The van der Waals surface area contributed by atoms with Gasteiger partial charge in [-0.25, -0.2) is 29.1 Å². The van der Waals surface area contributed by atoms with Crippen LogP contribution in [0, 0.1) is 0 Å². The van der Waals surface area contributed by atoms with Crippen molar-refractivity contribution in [1.29, 1.82) is 0 Å². The van der Waals surface area contributed by atoms with Crippen LogP contribution in [0.1, 0.15) is 67.2 Å². The molecule has 0 aromatic heterocycles. The summed E-state index contributed by atoms with van der Waals surface area (Å²) in [6.45, 7) is 10.0. The molecule has 8 heteroatoms. The van der Waals surface area contributed by atoms with Crippen LogP contribution in [-0.4, -0.2) is 44.6 Å². The molecule has 0 spiro atoms. The Balaban J connectivity index is 3.31. The van der Waals surface area contributed by atoms with E-state index in [1.165, 1.54) is 0 Å². The van der Waals surface area contributed by atoms with Crippen LogP contribution in [0.5, 0.6) is 0 Å². The summed E-state index contributed by atoms with van der Waals surface area (Å²) in [5, 5.41) is 19.6. The van der Waals surface area contributed by atoms with E-state index in [9.17, 15) is 19.8 Å². The highest BCUT2D eigenvalue weighted by Crippen LogP contribution is 2.45. The smallest absolute Gasteiger partial charge is 0.343 e. The summed E-state index contributed by atoms with van der Waals surface area (Å²) >= 11 is 0. The van der Waals surface area contributed by atoms with Gasteiger partial charge in [-0.3, -0.25) is 0 Å². The molecule has 140 valence electrons. The Morgan fingerprint density at radius 2 is 1.04 bits per heavy atom. The summed E-state index contributed by atoms with van der Waals surface area (Å²) in [6.07, 6.45) is 0.790. The van der Waals surface area contributed by atoms with Crippen molar-refractivity contribution in [1.82, 2.24) is 0 Å². The van der Waals surface area contributed by atoms with Crippen LogP contribution in [0.4, 0.5) is 0 Å². The molecule has 2 N–H and O–H groups in total. The number of carbonyl (C=O) groups is 2. The zero-order chi connectivity index (χ0) is 18.8. The maximum atomic E-state index is 12.0. The zero-order valence-electron chi connectivity index (χ0n) is 15.2. The number of carboxylic acids is 2. The van der Waals surface area contributed by atoms with Gasteiger partial charge in [0.1, 0.15) is 0 Å². The molecule has 8 nitrogen and oxygen atoms in total. The van der Waals surface area contributed by atoms with Gasteiger partial charge < -0.3 is 10.2 Å². The second-order valence-corrected chi connectivity index (χ2v) is 8.03. The third-order valence-corrected chi connectivity index (χ3v) is 3.52. The minimum Gasteiger partial charge on any atom is -0.479 e. The van der Waals surface area contributed by atoms with Gasteiger partial charge in [-0.05, 0) is 67.2 Å². The van der Waals surface area contributed by atoms with Crippen LogP contribution in [0.25, 0.3) is 0 Å². The minimum atomic E-state index is -2.21. The van der Waals surface area contributed by atoms with Crippen LogP contribution in [0.2, 0.25) is 0 Å². The highest BCUT2D eigenvalue weighted by Gasteiger charge is 2.68. The Labute approximate surface area is 141 Å². The van der Waals surface area contributed by atoms with Gasteiger partial charge in [-0.2, -0.15) is 0 Å². The fraction of sp³-hybridized carbons (Fsp3) is 0.875. The maximum Gasteiger partial charge on any atom is 0.343 e. The summed E-state index contributed by atoms with van der Waals surface area (Å²) < 4.78 is 0. The van der Waals surface area contributed by atoms with Crippen LogP contribution >= 0.6 is 0 Å². The van der Waals surface area contributed by atoms with Gasteiger partial charge in [0.25, 0.3) is 0 Å². The van der Waals surface area contributed by atoms with Crippen molar-refractivity contribution >= 4 is 11.9 Å². The molecular weight excluding hydrogens is 320 g/mol. The molecule has 1 aliphatic carbocycles. The SMILES string of the molecule is CC(C)(C)OOC1(C(=O)O)CCCCC1(OOC(C)(C)C)C(=O)O. The molecule has 1 fully saturated rings. The van der Waals surface area contributed by atoms with Crippen molar-refractivity contribution in [3.05, 3.63) is 0 Å². The first-order valence-electron chi connectivity index (χ1n) is 7.96. The zero-order valence-corrected chi connectivity index (χ0v) is 15.2. The summed E-state index contributed by atoms with van der Waals surface area (Å²) in [5.41, 5.74) is -6.07. The van der Waals surface area contributed by atoms with Crippen LogP contribution in [0.3, 0.4) is 0 Å². The van der Waals surface area contributed by atoms with Crippen LogP contribution in [0.15, 0.2) is 0 Å². The monoisotopic (exact) mass is 348 g/mol. The molecule has 0 saturated heterocycles. The van der Waals surface area contributed by atoms with E-state index >= 15 is 0 Å². The summed E-state index contributed by atoms with van der Waals surface area (Å²) in [5.74, 6) is -2.93. The number of carboxylic acid groups (broad SMARTS) is 2. The number of rotatable bonds is 6. The fourth-order valence-corrected chi connectivity index (χ4v) is 2.39. The molecule has 0 aromatic carbocycles. The third kappa shape index (κ3) is 4.44. The predicted octanol–water partition coefficient (Wildman–Crippen LogP) is 2.70. The van der Waals surface area contributed by atoms with Gasteiger partial charge in [0.15, 0.2) is 0 Å². The fourth-order valence-electron chi connectivity index (χ4n) is 2.39. The van der Waals surface area contributed by atoms with Crippen molar-refractivity contribution in [2.24, 2.45) is 0 Å². The Bertz CT molecular complexity index is 431. The van der Waals surface area contributed by atoms with E-state index in [0.29, 0.717) is 12.8 Å². The molecule has 1 aliphatic rings. The number of aliphatic carboxylic acids is 2. The van der Waals surface area contributed by atoms with Gasteiger partial charge in [0.2, 0.25) is 11.2 Å². The molecule has 2 unspecified atom stereocenters. The van der Waals surface area contributed by atoms with Crippen molar-refractivity contribution in [2.45, 2.75) is 89.6 Å². The molecular formula is C16H28O8. The van der Waals surface area contributed by atoms with Gasteiger partial charge in [0, 0.05) is 0 Å². The van der Waals surface area contributed by atoms with E-state index in [0.717, 1.165) is 0 Å². The molecule has 0 amide bonds. The van der Waals surface area contributed by atoms with Crippen molar-refractivity contribution < 1.29 is 39.4 Å². The predicted molar refractivity (Wildman–Crippen MR) is 83.0 cm³/mol. The third-order valence-electron chi connectivity index (χ3n) is 3.52. The Hall–Kier alpha value is -1.22. The average molecular weight is 348 g/mol. The lowest BCUT2D eigenvalue weighted by Crippen LogP contribution is -2.68. The second-order valence-electron chi connectivity index (χ2n) is 8.03. The van der Waals surface area contributed by atoms with Crippen LogP contribution < -0.4 is 0 Å². The molecule has 0 radical (unpaired) electrons. The van der Waals surface area contributed by atoms with Gasteiger partial charge >= 0.3 is 11.9 Å². The summed E-state index contributed by atoms with van der Waals surface area (Å²) in [6, 6.07) is 0. The lowest BCUT2D eigenvalue weighted by Gasteiger charge is -2.46. The second kappa shape index (κ2) is 6.95. The highest BCUT2D eigenvalue weighted by atomic mass is 17.2. The highest BCUT2D eigenvalue weighted by molar-refractivity contribution is 5.91. The Morgan fingerprint density at radius 3 is 1.25 bits per heavy atom. The molecule has 1 rings (SSSR count). The van der Waals surface area contributed by atoms with Gasteiger partial charge in [0.05, 0.1) is 11.2 Å². The van der Waals surface area contributed by atoms with E-state index in [-0.39, 0.29) is 12.8 Å². The Morgan fingerprint density at radius 1 is 0.750 bits per heavy atom. The normalized spacial score (nSPS) is 28.6. The molecule has 0 aromatic rings. The number of hydrogen-bond donors (Lipinski definition) is 2. The summed E-state index contributed by atoms with van der Waals surface area (Å²) in [4.78, 5) is 45.0. The van der Waals surface area contributed by atoms with Crippen LogP contribution in [-0.2, 0) is 29.1 Å². The average Bonchev–Trinajstić information content (AvgIpc) is 2.41. The molecule has 1 saturated carbocycles. The first-order chi connectivity index (χ1) is 10.8. The lowest BCUT2D eigenvalue weighted by atomic mass is 9.71. The number of hydrogen-bond acceptors (Lipinski definition) is 6. The topological polar surface area (TPSA) is 112 Å². The van der Waals surface area contributed by atoms with E-state index in [1.54, 1.807) is 41.5 Å². The minimum absolute atomic E-state index is 0.0712. The van der Waals surface area contributed by atoms with E-state index < -0.39 is 34.3 Å². The largest absolute Gasteiger partial charge is 0.479 e. The van der Waals surface area contributed by atoms with Crippen molar-refractivity contribution in [3.8, 4) is 0 Å². The van der Waals surface area contributed by atoms with Gasteiger partial charge in [-0.1, -0.05) is 0 Å². The molecule has 0 bridgehead atoms. The lowest BCUT2D eigenvalue weighted by molar-refractivity contribution is -0.474. The van der Waals surface area contributed by atoms with E-state index in [2.05, 4.69) is 0 Å². The van der Waals surface area contributed by atoms with Crippen molar-refractivity contribution in [2.75, 3.05) is 0 Å². The quantitative estimate of drug-likeness (QED) is 0.557. The Kier molecular flexibility index (Phi) is 6.03. The van der Waals surface area contributed by atoms with Crippen molar-refractivity contribution in [3.63, 3.8) is 0 Å². The van der Waals surface area contributed by atoms with E-state index in [1.807, 2.05) is 0 Å². The van der Waals surface area contributed by atoms with Gasteiger partial charge in [-0.15, -0.1) is 0 Å². The molecule has 2 atom stereocenters. The molecule has 0 aliphatic heterocycles.